The number of hydrogen-bond acceptors (Lipinski definition) is 2. The summed E-state index contributed by atoms with van der Waals surface area (Å²) in [5.41, 5.74) is -0.565. The SMILES string of the molecule is CC(C)(C)OC(=O)n1cc(Br)c2c(F)cc(F)cc21. The van der Waals surface area contributed by atoms with Crippen molar-refractivity contribution in [1.82, 2.24) is 4.57 Å². The molecule has 2 aromatic rings. The molecule has 19 heavy (non-hydrogen) atoms. The van der Waals surface area contributed by atoms with E-state index in [0.717, 1.165) is 16.7 Å². The number of ether oxygens (including phenoxy) is 1. The van der Waals surface area contributed by atoms with Gasteiger partial charge in [-0.15, -0.1) is 0 Å². The van der Waals surface area contributed by atoms with E-state index in [1.807, 2.05) is 0 Å². The Bertz CT molecular complexity index is 659. The average Bonchev–Trinajstić information content (AvgIpc) is 2.53. The van der Waals surface area contributed by atoms with Gasteiger partial charge in [0.2, 0.25) is 0 Å². The Kier molecular flexibility index (Phi) is 3.38. The molecule has 0 spiro atoms. The smallest absolute Gasteiger partial charge is 0.419 e. The molecule has 6 heteroatoms. The second-order valence-corrected chi connectivity index (χ2v) is 5.96. The molecule has 1 heterocycles. The largest absolute Gasteiger partial charge is 0.443 e. The first kappa shape index (κ1) is 14.0. The van der Waals surface area contributed by atoms with Gasteiger partial charge in [-0.05, 0) is 42.8 Å². The summed E-state index contributed by atoms with van der Waals surface area (Å²) in [5, 5.41) is 0.146. The van der Waals surface area contributed by atoms with Gasteiger partial charge in [0.05, 0.1) is 10.9 Å². The zero-order valence-electron chi connectivity index (χ0n) is 10.6. The van der Waals surface area contributed by atoms with Crippen molar-refractivity contribution in [2.45, 2.75) is 26.4 Å². The quantitative estimate of drug-likeness (QED) is 0.713. The molecule has 2 rings (SSSR count). The lowest BCUT2D eigenvalue weighted by Crippen LogP contribution is -2.26. The molecule has 0 aliphatic rings. The summed E-state index contributed by atoms with van der Waals surface area (Å²) in [7, 11) is 0. The van der Waals surface area contributed by atoms with Crippen molar-refractivity contribution in [2.75, 3.05) is 0 Å². The predicted molar refractivity (Wildman–Crippen MR) is 71.2 cm³/mol. The summed E-state index contributed by atoms with van der Waals surface area (Å²) >= 11 is 3.15. The first-order valence-corrected chi connectivity index (χ1v) is 6.37. The number of fused-ring (bicyclic) bond motifs is 1. The number of halogens is 3. The van der Waals surface area contributed by atoms with Crippen LogP contribution in [0.3, 0.4) is 0 Å². The molecule has 0 radical (unpaired) electrons. The molecule has 1 aromatic heterocycles. The minimum absolute atomic E-state index is 0.124. The second kappa shape index (κ2) is 4.59. The van der Waals surface area contributed by atoms with Crippen LogP contribution < -0.4 is 0 Å². The molecule has 0 atom stereocenters. The Balaban J connectivity index is 2.59. The van der Waals surface area contributed by atoms with Gasteiger partial charge >= 0.3 is 6.09 Å². The van der Waals surface area contributed by atoms with E-state index < -0.39 is 23.3 Å². The van der Waals surface area contributed by atoms with Crippen molar-refractivity contribution in [3.8, 4) is 0 Å². The highest BCUT2D eigenvalue weighted by Gasteiger charge is 2.22. The van der Waals surface area contributed by atoms with Gasteiger partial charge in [0, 0.05) is 16.7 Å². The molecule has 0 fully saturated rings. The topological polar surface area (TPSA) is 31.2 Å². The molecule has 0 saturated carbocycles. The maximum atomic E-state index is 13.7. The molecular weight excluding hydrogens is 320 g/mol. The van der Waals surface area contributed by atoms with Crippen molar-refractivity contribution in [2.24, 2.45) is 0 Å². The van der Waals surface area contributed by atoms with Crippen LogP contribution in [0.4, 0.5) is 13.6 Å². The summed E-state index contributed by atoms with van der Waals surface area (Å²) in [6.45, 7) is 5.15. The minimum atomic E-state index is -0.750. The molecule has 0 bridgehead atoms. The molecule has 0 N–H and O–H groups in total. The van der Waals surface area contributed by atoms with Crippen LogP contribution in [0.5, 0.6) is 0 Å². The summed E-state index contributed by atoms with van der Waals surface area (Å²) in [6.07, 6.45) is 0.676. The van der Waals surface area contributed by atoms with Crippen LogP contribution in [0.15, 0.2) is 22.8 Å². The Morgan fingerprint density at radius 1 is 1.32 bits per heavy atom. The highest BCUT2D eigenvalue weighted by Crippen LogP contribution is 2.30. The van der Waals surface area contributed by atoms with Gasteiger partial charge in [-0.1, -0.05) is 0 Å². The van der Waals surface area contributed by atoms with Crippen molar-refractivity contribution in [3.63, 3.8) is 0 Å². The van der Waals surface area contributed by atoms with Gasteiger partial charge in [0.15, 0.2) is 0 Å². The Labute approximate surface area is 117 Å². The van der Waals surface area contributed by atoms with Crippen molar-refractivity contribution >= 4 is 32.9 Å². The van der Waals surface area contributed by atoms with E-state index in [4.69, 9.17) is 4.74 Å². The standard InChI is InChI=1S/C13H12BrF2NO2/c1-13(2,3)19-12(18)17-6-8(14)11-9(16)4-7(15)5-10(11)17/h4-6H,1-3H3. The van der Waals surface area contributed by atoms with Crippen molar-refractivity contribution in [3.05, 3.63) is 34.4 Å². The van der Waals surface area contributed by atoms with Crippen LogP contribution in [0, 0.1) is 11.6 Å². The Morgan fingerprint density at radius 2 is 1.95 bits per heavy atom. The summed E-state index contributed by atoms with van der Waals surface area (Å²) in [6, 6.07) is 1.86. The number of nitrogens with zero attached hydrogens (tertiary/aromatic N) is 1. The molecule has 3 nitrogen and oxygen atoms in total. The maximum absolute atomic E-state index is 13.7. The fraction of sp³-hybridized carbons (Fsp3) is 0.308. The third-order valence-corrected chi connectivity index (χ3v) is 2.97. The second-order valence-electron chi connectivity index (χ2n) is 5.11. The van der Waals surface area contributed by atoms with Crippen LogP contribution in [-0.2, 0) is 4.74 Å². The molecule has 0 saturated heterocycles. The maximum Gasteiger partial charge on any atom is 0.419 e. The van der Waals surface area contributed by atoms with Crippen molar-refractivity contribution < 1.29 is 18.3 Å². The zero-order valence-corrected chi connectivity index (χ0v) is 12.2. The minimum Gasteiger partial charge on any atom is -0.443 e. The molecular formula is C13H12BrF2NO2. The Hall–Kier alpha value is -1.43. The van der Waals surface area contributed by atoms with Gasteiger partial charge in [0.1, 0.15) is 17.2 Å². The lowest BCUT2D eigenvalue weighted by Gasteiger charge is -2.19. The summed E-state index contributed by atoms with van der Waals surface area (Å²) in [4.78, 5) is 12.0. The van der Waals surface area contributed by atoms with E-state index in [1.54, 1.807) is 20.8 Å². The number of carbonyl (C=O) groups is 1. The first-order chi connectivity index (χ1) is 8.69. The predicted octanol–water partition coefficient (Wildman–Crippen LogP) is 4.47. The van der Waals surface area contributed by atoms with E-state index >= 15 is 0 Å². The fourth-order valence-corrected chi connectivity index (χ4v) is 2.29. The van der Waals surface area contributed by atoms with Crippen LogP contribution in [0.2, 0.25) is 0 Å². The van der Waals surface area contributed by atoms with Gasteiger partial charge < -0.3 is 4.74 Å². The third kappa shape index (κ3) is 2.78. The number of carbonyl (C=O) groups excluding carboxylic acids is 1. The van der Waals surface area contributed by atoms with E-state index in [-0.39, 0.29) is 10.9 Å². The van der Waals surface area contributed by atoms with E-state index in [9.17, 15) is 13.6 Å². The molecule has 0 unspecified atom stereocenters. The molecule has 1 aromatic carbocycles. The van der Waals surface area contributed by atoms with E-state index in [2.05, 4.69) is 15.9 Å². The van der Waals surface area contributed by atoms with Crippen LogP contribution >= 0.6 is 15.9 Å². The first-order valence-electron chi connectivity index (χ1n) is 5.58. The van der Waals surface area contributed by atoms with E-state index in [1.165, 1.54) is 6.20 Å². The monoisotopic (exact) mass is 331 g/mol. The van der Waals surface area contributed by atoms with Crippen LogP contribution in [-0.4, -0.2) is 16.3 Å². The molecule has 0 aliphatic carbocycles. The normalized spacial score (nSPS) is 11.9. The fourth-order valence-electron chi connectivity index (χ4n) is 1.70. The van der Waals surface area contributed by atoms with Crippen LogP contribution in [0.1, 0.15) is 20.8 Å². The van der Waals surface area contributed by atoms with Gasteiger partial charge in [-0.25, -0.2) is 13.6 Å². The molecule has 0 amide bonds. The number of rotatable bonds is 0. The number of aromatic nitrogens is 1. The highest BCUT2D eigenvalue weighted by atomic mass is 79.9. The van der Waals surface area contributed by atoms with Gasteiger partial charge in [-0.3, -0.25) is 4.57 Å². The zero-order chi connectivity index (χ0) is 14.4. The van der Waals surface area contributed by atoms with Gasteiger partial charge in [0.25, 0.3) is 0 Å². The Morgan fingerprint density at radius 3 is 2.53 bits per heavy atom. The molecule has 102 valence electrons. The van der Waals surface area contributed by atoms with E-state index in [0.29, 0.717) is 4.47 Å². The lowest BCUT2D eigenvalue weighted by molar-refractivity contribution is 0.0544. The number of hydrogen-bond donors (Lipinski definition) is 0. The summed E-state index contributed by atoms with van der Waals surface area (Å²) < 4.78 is 33.6. The highest BCUT2D eigenvalue weighted by molar-refractivity contribution is 9.10. The molecule has 0 aliphatic heterocycles. The van der Waals surface area contributed by atoms with Crippen LogP contribution in [0.25, 0.3) is 10.9 Å². The summed E-state index contributed by atoms with van der Waals surface area (Å²) in [5.74, 6) is -1.48. The number of benzene rings is 1. The third-order valence-electron chi connectivity index (χ3n) is 2.37. The average molecular weight is 332 g/mol. The van der Waals surface area contributed by atoms with Crippen molar-refractivity contribution in [1.29, 1.82) is 0 Å². The lowest BCUT2D eigenvalue weighted by atomic mass is 10.2. The van der Waals surface area contributed by atoms with Gasteiger partial charge in [-0.2, -0.15) is 0 Å².